The van der Waals surface area contributed by atoms with Crippen molar-refractivity contribution in [1.29, 1.82) is 0 Å². The highest BCUT2D eigenvalue weighted by Crippen LogP contribution is 2.31. The van der Waals surface area contributed by atoms with E-state index in [-0.39, 0.29) is 5.75 Å². The van der Waals surface area contributed by atoms with Gasteiger partial charge in [-0.15, -0.1) is 0 Å². The zero-order valence-corrected chi connectivity index (χ0v) is 9.37. The predicted octanol–water partition coefficient (Wildman–Crippen LogP) is 1.68. The maximum absolute atomic E-state index is 12.2. The first kappa shape index (κ1) is 11.9. The number of hydrogen-bond donors (Lipinski definition) is 2. The van der Waals surface area contributed by atoms with Crippen molar-refractivity contribution in [3.8, 4) is 11.5 Å². The van der Waals surface area contributed by atoms with Crippen molar-refractivity contribution < 1.29 is 18.3 Å². The summed E-state index contributed by atoms with van der Waals surface area (Å²) in [6.45, 7) is -1.11. The summed E-state index contributed by atoms with van der Waals surface area (Å²) in [5.41, 5.74) is 0.743. The SMILES string of the molecule is COc1ccc(NC2CNC2)cc1OC(F)F. The molecule has 6 heteroatoms. The van der Waals surface area contributed by atoms with Crippen LogP contribution in [0.2, 0.25) is 0 Å². The van der Waals surface area contributed by atoms with Gasteiger partial charge in [0.15, 0.2) is 11.5 Å². The van der Waals surface area contributed by atoms with Gasteiger partial charge in [-0.1, -0.05) is 0 Å². The fourth-order valence-electron chi connectivity index (χ4n) is 1.58. The van der Waals surface area contributed by atoms with Gasteiger partial charge in [-0.05, 0) is 12.1 Å². The molecule has 1 fully saturated rings. The Kier molecular flexibility index (Phi) is 3.63. The summed E-state index contributed by atoms with van der Waals surface area (Å²) >= 11 is 0. The summed E-state index contributed by atoms with van der Waals surface area (Å²) in [6.07, 6.45) is 0. The van der Waals surface area contributed by atoms with Gasteiger partial charge in [-0.2, -0.15) is 8.78 Å². The minimum absolute atomic E-state index is 0.0415. The number of anilines is 1. The fourth-order valence-corrected chi connectivity index (χ4v) is 1.58. The zero-order valence-electron chi connectivity index (χ0n) is 9.37. The number of nitrogens with one attached hydrogen (secondary N) is 2. The van der Waals surface area contributed by atoms with E-state index in [2.05, 4.69) is 15.4 Å². The third-order valence-corrected chi connectivity index (χ3v) is 2.53. The molecule has 0 saturated carbocycles. The van der Waals surface area contributed by atoms with Gasteiger partial charge in [0.2, 0.25) is 0 Å². The Bertz CT molecular complexity index is 384. The number of ether oxygens (including phenoxy) is 2. The lowest BCUT2D eigenvalue weighted by atomic mass is 10.1. The Balaban J connectivity index is 2.11. The molecule has 0 spiro atoms. The molecule has 1 aliphatic rings. The maximum atomic E-state index is 12.2. The Hall–Kier alpha value is -1.56. The largest absolute Gasteiger partial charge is 0.493 e. The van der Waals surface area contributed by atoms with Crippen LogP contribution in [0, 0.1) is 0 Å². The molecule has 94 valence electrons. The van der Waals surface area contributed by atoms with Crippen LogP contribution < -0.4 is 20.1 Å². The molecule has 0 atom stereocenters. The quantitative estimate of drug-likeness (QED) is 0.827. The molecule has 2 rings (SSSR count). The molecular formula is C11H14F2N2O2. The standard InChI is InChI=1S/C11H14F2N2O2/c1-16-9-3-2-7(15-8-5-14-6-8)4-10(9)17-11(12)13/h2-4,8,11,14-15H,5-6H2,1H3. The van der Waals surface area contributed by atoms with E-state index in [4.69, 9.17) is 4.74 Å². The van der Waals surface area contributed by atoms with Crippen LogP contribution in [0.1, 0.15) is 0 Å². The highest BCUT2D eigenvalue weighted by atomic mass is 19.3. The number of methoxy groups -OCH3 is 1. The normalized spacial score (nSPS) is 15.5. The van der Waals surface area contributed by atoms with Gasteiger partial charge in [0.05, 0.1) is 13.2 Å². The molecule has 2 N–H and O–H groups in total. The van der Waals surface area contributed by atoms with Gasteiger partial charge >= 0.3 is 6.61 Å². The van der Waals surface area contributed by atoms with Gasteiger partial charge < -0.3 is 20.1 Å². The Morgan fingerprint density at radius 3 is 2.65 bits per heavy atom. The number of benzene rings is 1. The molecule has 4 nitrogen and oxygen atoms in total. The van der Waals surface area contributed by atoms with Crippen molar-refractivity contribution >= 4 is 5.69 Å². The van der Waals surface area contributed by atoms with Gasteiger partial charge in [-0.3, -0.25) is 0 Å². The van der Waals surface area contributed by atoms with E-state index >= 15 is 0 Å². The lowest BCUT2D eigenvalue weighted by Gasteiger charge is -2.29. The van der Waals surface area contributed by atoms with Crippen LogP contribution in [0.15, 0.2) is 18.2 Å². The first-order valence-corrected chi connectivity index (χ1v) is 5.29. The molecule has 1 heterocycles. The number of halogens is 2. The number of hydrogen-bond acceptors (Lipinski definition) is 4. The third-order valence-electron chi connectivity index (χ3n) is 2.53. The second-order valence-electron chi connectivity index (χ2n) is 3.74. The Morgan fingerprint density at radius 2 is 2.12 bits per heavy atom. The van der Waals surface area contributed by atoms with Crippen molar-refractivity contribution in [2.45, 2.75) is 12.7 Å². The van der Waals surface area contributed by atoms with Gasteiger partial charge in [0.1, 0.15) is 0 Å². The minimum atomic E-state index is -2.86. The summed E-state index contributed by atoms with van der Waals surface area (Å²) in [4.78, 5) is 0. The van der Waals surface area contributed by atoms with Crippen molar-refractivity contribution in [2.75, 3.05) is 25.5 Å². The van der Waals surface area contributed by atoms with Crippen molar-refractivity contribution in [2.24, 2.45) is 0 Å². The van der Waals surface area contributed by atoms with Crippen molar-refractivity contribution in [3.63, 3.8) is 0 Å². The summed E-state index contributed by atoms with van der Waals surface area (Å²) in [7, 11) is 1.41. The van der Waals surface area contributed by atoms with Crippen LogP contribution in [-0.2, 0) is 0 Å². The number of alkyl halides is 2. The zero-order chi connectivity index (χ0) is 12.3. The van der Waals surface area contributed by atoms with Gasteiger partial charge in [0.25, 0.3) is 0 Å². The van der Waals surface area contributed by atoms with E-state index in [1.54, 1.807) is 12.1 Å². The summed E-state index contributed by atoms with van der Waals surface area (Å²) < 4.78 is 33.7. The van der Waals surface area contributed by atoms with Crippen LogP contribution in [0.5, 0.6) is 11.5 Å². The fraction of sp³-hybridized carbons (Fsp3) is 0.455. The van der Waals surface area contributed by atoms with E-state index in [9.17, 15) is 8.78 Å². The average Bonchev–Trinajstić information content (AvgIpc) is 2.23. The van der Waals surface area contributed by atoms with Gasteiger partial charge in [-0.25, -0.2) is 0 Å². The highest BCUT2D eigenvalue weighted by molar-refractivity contribution is 5.55. The second-order valence-corrected chi connectivity index (χ2v) is 3.74. The van der Waals surface area contributed by atoms with E-state index in [1.807, 2.05) is 0 Å². The molecule has 0 amide bonds. The van der Waals surface area contributed by atoms with Crippen LogP contribution >= 0.6 is 0 Å². The first-order chi connectivity index (χ1) is 8.19. The van der Waals surface area contributed by atoms with Crippen LogP contribution in [-0.4, -0.2) is 32.9 Å². The molecule has 1 aromatic rings. The van der Waals surface area contributed by atoms with E-state index in [1.165, 1.54) is 13.2 Å². The molecule has 0 radical (unpaired) electrons. The predicted molar refractivity (Wildman–Crippen MR) is 59.9 cm³/mol. The van der Waals surface area contributed by atoms with Crippen LogP contribution in [0.3, 0.4) is 0 Å². The highest BCUT2D eigenvalue weighted by Gasteiger charge is 2.17. The molecule has 0 bridgehead atoms. The first-order valence-electron chi connectivity index (χ1n) is 5.29. The molecule has 0 aliphatic carbocycles. The maximum Gasteiger partial charge on any atom is 0.387 e. The van der Waals surface area contributed by atoms with E-state index < -0.39 is 6.61 Å². The Morgan fingerprint density at radius 1 is 1.35 bits per heavy atom. The molecule has 0 aromatic heterocycles. The second kappa shape index (κ2) is 5.18. The Labute approximate surface area is 97.9 Å². The topological polar surface area (TPSA) is 42.5 Å². The molecule has 1 aliphatic heterocycles. The van der Waals surface area contributed by atoms with E-state index in [0.29, 0.717) is 11.8 Å². The molecule has 1 aromatic carbocycles. The third kappa shape index (κ3) is 2.97. The van der Waals surface area contributed by atoms with Crippen LogP contribution in [0.25, 0.3) is 0 Å². The average molecular weight is 244 g/mol. The van der Waals surface area contributed by atoms with Crippen molar-refractivity contribution in [1.82, 2.24) is 5.32 Å². The lowest BCUT2D eigenvalue weighted by molar-refractivity contribution is -0.0511. The van der Waals surface area contributed by atoms with Crippen molar-refractivity contribution in [3.05, 3.63) is 18.2 Å². The molecule has 0 unspecified atom stereocenters. The monoisotopic (exact) mass is 244 g/mol. The molecule has 17 heavy (non-hydrogen) atoms. The molecular weight excluding hydrogens is 230 g/mol. The summed E-state index contributed by atoms with van der Waals surface area (Å²) in [6, 6.07) is 5.23. The minimum Gasteiger partial charge on any atom is -0.493 e. The lowest BCUT2D eigenvalue weighted by Crippen LogP contribution is -2.51. The van der Waals surface area contributed by atoms with Gasteiger partial charge in [0, 0.05) is 24.8 Å². The van der Waals surface area contributed by atoms with Crippen LogP contribution in [0.4, 0.5) is 14.5 Å². The molecule has 1 saturated heterocycles. The van der Waals surface area contributed by atoms with E-state index in [0.717, 1.165) is 18.8 Å². The number of rotatable bonds is 5. The summed E-state index contributed by atoms with van der Waals surface area (Å²) in [5, 5.41) is 6.31. The smallest absolute Gasteiger partial charge is 0.387 e. The summed E-state index contributed by atoms with van der Waals surface area (Å²) in [5.74, 6) is 0.336.